The number of carbonyl (C=O) groups is 2. The fourth-order valence-electron chi connectivity index (χ4n) is 4.53. The summed E-state index contributed by atoms with van der Waals surface area (Å²) in [6.07, 6.45) is -0.162. The fraction of sp³-hybridized carbons (Fsp3) is 0.444. The van der Waals surface area contributed by atoms with E-state index in [0.29, 0.717) is 12.8 Å². The van der Waals surface area contributed by atoms with Gasteiger partial charge in [-0.15, -0.1) is 0 Å². The van der Waals surface area contributed by atoms with Crippen LogP contribution in [0.15, 0.2) is 23.8 Å². The van der Waals surface area contributed by atoms with Crippen LogP contribution in [0, 0.1) is 11.8 Å². The first-order valence-corrected chi connectivity index (χ1v) is 8.07. The van der Waals surface area contributed by atoms with Gasteiger partial charge in [-0.25, -0.2) is 0 Å². The quantitative estimate of drug-likeness (QED) is 0.525. The number of fused-ring (bicyclic) bond motifs is 3. The summed E-state index contributed by atoms with van der Waals surface area (Å²) >= 11 is 0. The van der Waals surface area contributed by atoms with Gasteiger partial charge in [0.2, 0.25) is 5.78 Å². The molecule has 126 valence electrons. The van der Waals surface area contributed by atoms with Crippen molar-refractivity contribution in [2.24, 2.45) is 11.8 Å². The summed E-state index contributed by atoms with van der Waals surface area (Å²) < 4.78 is 0. The third-order valence-corrected chi connectivity index (χ3v) is 5.65. The molecule has 0 saturated heterocycles. The lowest BCUT2D eigenvalue weighted by atomic mass is 9.58. The summed E-state index contributed by atoms with van der Waals surface area (Å²) in [6, 6.07) is 4.86. The van der Waals surface area contributed by atoms with Crippen LogP contribution in [-0.2, 0) is 16.0 Å². The number of hydrogen-bond donors (Lipinski definition) is 4. The number of aromatic hydroxyl groups is 1. The number of phenolic OH excluding ortho intramolecular Hbond substituents is 1. The molecule has 4 atom stereocenters. The number of phenols is 1. The van der Waals surface area contributed by atoms with E-state index in [4.69, 9.17) is 0 Å². The van der Waals surface area contributed by atoms with Crippen LogP contribution in [0.5, 0.6) is 5.75 Å². The molecule has 2 fully saturated rings. The molecule has 6 nitrogen and oxygen atoms in total. The standard InChI is InChI=1S/C18H18O6/c19-11-6-10-5-9-4-8-2-1-3-12(20)14(8)16(22)15(9)17(23)18(10,24)13(21)7-11/h1-3,9-11,19-20,22,24H,4-7H2. The van der Waals surface area contributed by atoms with Crippen LogP contribution in [0.2, 0.25) is 0 Å². The number of hydrogen-bond acceptors (Lipinski definition) is 6. The minimum absolute atomic E-state index is 0.0208. The van der Waals surface area contributed by atoms with Crippen molar-refractivity contribution >= 4 is 17.3 Å². The summed E-state index contributed by atoms with van der Waals surface area (Å²) in [5.74, 6) is -2.96. The predicted molar refractivity (Wildman–Crippen MR) is 83.2 cm³/mol. The molecule has 1 aromatic rings. The van der Waals surface area contributed by atoms with E-state index >= 15 is 0 Å². The average molecular weight is 330 g/mol. The van der Waals surface area contributed by atoms with Gasteiger partial charge in [0.25, 0.3) is 0 Å². The predicted octanol–water partition coefficient (Wildman–Crippen LogP) is 0.877. The Morgan fingerprint density at radius 2 is 1.83 bits per heavy atom. The molecule has 0 aliphatic heterocycles. The van der Waals surface area contributed by atoms with E-state index in [0.717, 1.165) is 5.56 Å². The van der Waals surface area contributed by atoms with Gasteiger partial charge >= 0.3 is 0 Å². The Bertz CT molecular complexity index is 795. The second-order valence-electron chi connectivity index (χ2n) is 7.02. The summed E-state index contributed by atoms with van der Waals surface area (Å²) in [4.78, 5) is 25.2. The van der Waals surface area contributed by atoms with Gasteiger partial charge in [-0.2, -0.15) is 0 Å². The first-order valence-electron chi connectivity index (χ1n) is 8.07. The van der Waals surface area contributed by atoms with E-state index in [1.54, 1.807) is 12.1 Å². The number of aliphatic hydroxyl groups is 3. The number of benzene rings is 1. The van der Waals surface area contributed by atoms with E-state index in [9.17, 15) is 30.0 Å². The summed E-state index contributed by atoms with van der Waals surface area (Å²) in [6.45, 7) is 0. The Kier molecular flexibility index (Phi) is 3.14. The summed E-state index contributed by atoms with van der Waals surface area (Å²) in [5, 5.41) is 41.2. The van der Waals surface area contributed by atoms with Gasteiger partial charge in [-0.3, -0.25) is 9.59 Å². The van der Waals surface area contributed by atoms with Gasteiger partial charge < -0.3 is 20.4 Å². The molecule has 0 radical (unpaired) electrons. The zero-order valence-corrected chi connectivity index (χ0v) is 12.9. The van der Waals surface area contributed by atoms with Gasteiger partial charge in [-0.1, -0.05) is 12.1 Å². The Morgan fingerprint density at radius 1 is 1.08 bits per heavy atom. The molecule has 0 aromatic heterocycles. The van der Waals surface area contributed by atoms with E-state index in [1.807, 2.05) is 0 Å². The van der Waals surface area contributed by atoms with Crippen LogP contribution >= 0.6 is 0 Å². The Balaban J connectivity index is 1.88. The monoisotopic (exact) mass is 330 g/mol. The minimum Gasteiger partial charge on any atom is -0.507 e. The van der Waals surface area contributed by atoms with Crippen molar-refractivity contribution in [2.45, 2.75) is 37.4 Å². The number of ketones is 2. The molecular formula is C18H18O6. The highest BCUT2D eigenvalue weighted by Crippen LogP contribution is 2.50. The third kappa shape index (κ3) is 1.84. The van der Waals surface area contributed by atoms with Gasteiger partial charge in [0, 0.05) is 17.9 Å². The van der Waals surface area contributed by atoms with Crippen molar-refractivity contribution in [1.29, 1.82) is 0 Å². The van der Waals surface area contributed by atoms with E-state index < -0.39 is 29.2 Å². The fourth-order valence-corrected chi connectivity index (χ4v) is 4.53. The molecule has 0 bridgehead atoms. The third-order valence-electron chi connectivity index (χ3n) is 5.65. The second kappa shape index (κ2) is 4.91. The van der Waals surface area contributed by atoms with Crippen molar-refractivity contribution in [3.05, 3.63) is 34.9 Å². The molecular weight excluding hydrogens is 312 g/mol. The van der Waals surface area contributed by atoms with Gasteiger partial charge in [0.15, 0.2) is 11.4 Å². The lowest BCUT2D eigenvalue weighted by Crippen LogP contribution is -2.61. The normalized spacial score (nSPS) is 35.3. The molecule has 0 spiro atoms. The molecule has 3 aliphatic rings. The Labute approximate surface area is 138 Å². The topological polar surface area (TPSA) is 115 Å². The van der Waals surface area contributed by atoms with Crippen molar-refractivity contribution in [3.8, 4) is 5.75 Å². The van der Waals surface area contributed by atoms with Crippen LogP contribution in [0.1, 0.15) is 30.4 Å². The maximum absolute atomic E-state index is 12.9. The maximum atomic E-state index is 12.9. The molecule has 24 heavy (non-hydrogen) atoms. The van der Waals surface area contributed by atoms with Crippen LogP contribution in [0.25, 0.3) is 5.76 Å². The highest BCUT2D eigenvalue weighted by molar-refractivity contribution is 6.21. The van der Waals surface area contributed by atoms with Crippen molar-refractivity contribution in [2.75, 3.05) is 0 Å². The van der Waals surface area contributed by atoms with Gasteiger partial charge in [0.05, 0.1) is 11.7 Å². The molecule has 2 saturated carbocycles. The zero-order valence-electron chi connectivity index (χ0n) is 12.9. The molecule has 4 rings (SSSR count). The maximum Gasteiger partial charge on any atom is 0.202 e. The second-order valence-corrected chi connectivity index (χ2v) is 7.02. The highest BCUT2D eigenvalue weighted by atomic mass is 16.3. The Hall–Kier alpha value is -2.18. The van der Waals surface area contributed by atoms with Crippen molar-refractivity contribution < 1.29 is 30.0 Å². The molecule has 4 N–H and O–H groups in total. The number of rotatable bonds is 0. The minimum atomic E-state index is -2.18. The average Bonchev–Trinajstić information content (AvgIpc) is 2.50. The molecule has 4 unspecified atom stereocenters. The highest BCUT2D eigenvalue weighted by Gasteiger charge is 2.59. The molecule has 1 aromatic carbocycles. The Morgan fingerprint density at radius 3 is 2.58 bits per heavy atom. The van der Waals surface area contributed by atoms with Crippen molar-refractivity contribution in [1.82, 2.24) is 0 Å². The number of Topliss-reactive ketones (excluding diaryl/α,β-unsaturated/α-hetero) is 2. The van der Waals surface area contributed by atoms with E-state index in [-0.39, 0.29) is 41.4 Å². The van der Waals surface area contributed by atoms with E-state index in [1.165, 1.54) is 6.07 Å². The number of carbonyl (C=O) groups excluding carboxylic acids is 2. The van der Waals surface area contributed by atoms with E-state index in [2.05, 4.69) is 0 Å². The van der Waals surface area contributed by atoms with Gasteiger partial charge in [-0.05, 0) is 36.8 Å². The number of aliphatic hydroxyl groups excluding tert-OH is 2. The largest absolute Gasteiger partial charge is 0.507 e. The smallest absolute Gasteiger partial charge is 0.202 e. The SMILES string of the molecule is O=C1CC(O)CC2CC3Cc4cccc(O)c4C(O)=C3C(=O)C12O. The van der Waals surface area contributed by atoms with Crippen LogP contribution < -0.4 is 0 Å². The van der Waals surface area contributed by atoms with Crippen LogP contribution in [-0.4, -0.2) is 43.7 Å². The van der Waals surface area contributed by atoms with Gasteiger partial charge in [0.1, 0.15) is 11.5 Å². The first kappa shape index (κ1) is 15.4. The van der Waals surface area contributed by atoms with Crippen LogP contribution in [0.3, 0.4) is 0 Å². The molecule has 6 heteroatoms. The molecule has 0 amide bonds. The lowest BCUT2D eigenvalue weighted by Gasteiger charge is -2.46. The van der Waals surface area contributed by atoms with Crippen LogP contribution in [0.4, 0.5) is 0 Å². The van der Waals surface area contributed by atoms with Crippen molar-refractivity contribution in [3.63, 3.8) is 0 Å². The lowest BCUT2D eigenvalue weighted by molar-refractivity contribution is -0.167. The molecule has 0 heterocycles. The first-order chi connectivity index (χ1) is 11.3. The zero-order chi connectivity index (χ0) is 17.2. The molecule has 3 aliphatic carbocycles. The summed E-state index contributed by atoms with van der Waals surface area (Å²) in [7, 11) is 0. The summed E-state index contributed by atoms with van der Waals surface area (Å²) in [5.41, 5.74) is -1.24.